The lowest BCUT2D eigenvalue weighted by molar-refractivity contribution is -0.123. The third-order valence-electron chi connectivity index (χ3n) is 6.06. The Morgan fingerprint density at radius 1 is 0.971 bits per heavy atom. The highest BCUT2D eigenvalue weighted by molar-refractivity contribution is 7.90. The first-order valence-corrected chi connectivity index (χ1v) is 13.5. The summed E-state index contributed by atoms with van der Waals surface area (Å²) >= 11 is 0. The molecule has 1 fully saturated rings. The van der Waals surface area contributed by atoms with Crippen LogP contribution in [0.2, 0.25) is 0 Å². The standard InChI is InChI=1S/C25H32FN3O4S/c1-34(32,33)22-13-7-19(8-14-22)24(30)29-23(17-18-5-3-2-4-6-18)25(31)28-16-15-27-21-11-9-20(26)10-12-21/h7-14,18,23,27H,2-6,15-17H2,1H3,(H,28,31)(H,29,30). The second-order valence-electron chi connectivity index (χ2n) is 8.79. The average molecular weight is 490 g/mol. The zero-order valence-electron chi connectivity index (χ0n) is 19.3. The van der Waals surface area contributed by atoms with E-state index in [2.05, 4.69) is 16.0 Å². The van der Waals surface area contributed by atoms with Gasteiger partial charge in [0.1, 0.15) is 11.9 Å². The molecule has 184 valence electrons. The molecule has 0 bridgehead atoms. The molecule has 2 aromatic carbocycles. The maximum atomic E-state index is 13.0. The van der Waals surface area contributed by atoms with Gasteiger partial charge in [0.05, 0.1) is 4.90 Å². The Kier molecular flexibility index (Phi) is 9.04. The van der Waals surface area contributed by atoms with Crippen LogP contribution in [0.3, 0.4) is 0 Å². The summed E-state index contributed by atoms with van der Waals surface area (Å²) < 4.78 is 36.3. The number of carbonyl (C=O) groups is 2. The van der Waals surface area contributed by atoms with E-state index in [9.17, 15) is 22.4 Å². The van der Waals surface area contributed by atoms with E-state index in [1.807, 2.05) is 0 Å². The summed E-state index contributed by atoms with van der Waals surface area (Å²) in [6, 6.07) is 11.0. The van der Waals surface area contributed by atoms with Gasteiger partial charge in [-0.15, -0.1) is 0 Å². The minimum absolute atomic E-state index is 0.134. The molecule has 1 saturated carbocycles. The molecule has 1 atom stereocenters. The van der Waals surface area contributed by atoms with Gasteiger partial charge in [-0.3, -0.25) is 9.59 Å². The first-order valence-electron chi connectivity index (χ1n) is 11.6. The molecule has 0 heterocycles. The van der Waals surface area contributed by atoms with Crippen LogP contribution < -0.4 is 16.0 Å². The van der Waals surface area contributed by atoms with Crippen LogP contribution in [0.15, 0.2) is 53.4 Å². The lowest BCUT2D eigenvalue weighted by atomic mass is 9.84. The van der Waals surface area contributed by atoms with E-state index in [1.165, 1.54) is 42.8 Å². The van der Waals surface area contributed by atoms with E-state index in [0.717, 1.165) is 37.6 Å². The van der Waals surface area contributed by atoms with Crippen LogP contribution in [0.25, 0.3) is 0 Å². The second kappa shape index (κ2) is 12.0. The topological polar surface area (TPSA) is 104 Å². The van der Waals surface area contributed by atoms with Crippen molar-refractivity contribution in [3.63, 3.8) is 0 Å². The van der Waals surface area contributed by atoms with Gasteiger partial charge in [-0.05, 0) is 60.9 Å². The zero-order chi connectivity index (χ0) is 24.6. The number of rotatable bonds is 10. The monoisotopic (exact) mass is 489 g/mol. The van der Waals surface area contributed by atoms with Gasteiger partial charge in [0.25, 0.3) is 5.91 Å². The summed E-state index contributed by atoms with van der Waals surface area (Å²) in [7, 11) is -3.36. The van der Waals surface area contributed by atoms with E-state index in [1.54, 1.807) is 12.1 Å². The fourth-order valence-electron chi connectivity index (χ4n) is 4.17. The number of sulfone groups is 1. The van der Waals surface area contributed by atoms with Gasteiger partial charge in [0.2, 0.25) is 5.91 Å². The van der Waals surface area contributed by atoms with Gasteiger partial charge >= 0.3 is 0 Å². The number of anilines is 1. The van der Waals surface area contributed by atoms with E-state index < -0.39 is 21.8 Å². The van der Waals surface area contributed by atoms with Crippen LogP contribution >= 0.6 is 0 Å². The fraction of sp³-hybridized carbons (Fsp3) is 0.440. The Labute approximate surface area is 200 Å². The molecule has 34 heavy (non-hydrogen) atoms. The summed E-state index contributed by atoms with van der Waals surface area (Å²) in [5, 5.41) is 8.82. The fourth-order valence-corrected chi connectivity index (χ4v) is 4.80. The number of carbonyl (C=O) groups excluding carboxylic acids is 2. The van der Waals surface area contributed by atoms with Crippen LogP contribution in [0.1, 0.15) is 48.9 Å². The number of benzene rings is 2. The third-order valence-corrected chi connectivity index (χ3v) is 7.19. The molecule has 1 unspecified atom stereocenters. The lowest BCUT2D eigenvalue weighted by Gasteiger charge is -2.26. The van der Waals surface area contributed by atoms with Crippen LogP contribution in [0.5, 0.6) is 0 Å². The SMILES string of the molecule is CS(=O)(=O)c1ccc(C(=O)NC(CC2CCCCC2)C(=O)NCCNc2ccc(F)cc2)cc1. The Balaban J connectivity index is 1.59. The highest BCUT2D eigenvalue weighted by Gasteiger charge is 2.26. The van der Waals surface area contributed by atoms with Crippen molar-refractivity contribution >= 4 is 27.3 Å². The molecule has 2 amide bonds. The molecule has 3 N–H and O–H groups in total. The molecular weight excluding hydrogens is 457 g/mol. The number of amides is 2. The summed E-state index contributed by atoms with van der Waals surface area (Å²) in [6.07, 6.45) is 7.19. The predicted molar refractivity (Wildman–Crippen MR) is 130 cm³/mol. The number of hydrogen-bond acceptors (Lipinski definition) is 5. The first kappa shape index (κ1) is 25.7. The quantitative estimate of drug-likeness (QED) is 0.443. The molecule has 0 aromatic heterocycles. The summed E-state index contributed by atoms with van der Waals surface area (Å²) in [5.74, 6) is -0.617. The number of nitrogens with one attached hydrogen (secondary N) is 3. The van der Waals surface area contributed by atoms with Crippen molar-refractivity contribution in [2.24, 2.45) is 5.92 Å². The van der Waals surface area contributed by atoms with Crippen molar-refractivity contribution in [1.82, 2.24) is 10.6 Å². The van der Waals surface area contributed by atoms with Gasteiger partial charge in [0.15, 0.2) is 9.84 Å². The first-order chi connectivity index (χ1) is 16.2. The predicted octanol–water partition coefficient (Wildman–Crippen LogP) is 3.53. The molecule has 1 aliphatic rings. The molecule has 3 rings (SSSR count). The van der Waals surface area contributed by atoms with E-state index in [-0.39, 0.29) is 16.6 Å². The molecule has 0 saturated heterocycles. The minimum Gasteiger partial charge on any atom is -0.383 e. The van der Waals surface area contributed by atoms with E-state index in [4.69, 9.17) is 0 Å². The summed E-state index contributed by atoms with van der Waals surface area (Å²) in [4.78, 5) is 25.9. The van der Waals surface area contributed by atoms with Gasteiger partial charge < -0.3 is 16.0 Å². The van der Waals surface area contributed by atoms with Gasteiger partial charge in [-0.25, -0.2) is 12.8 Å². The van der Waals surface area contributed by atoms with E-state index in [0.29, 0.717) is 31.0 Å². The van der Waals surface area contributed by atoms with Crippen molar-refractivity contribution < 1.29 is 22.4 Å². The van der Waals surface area contributed by atoms with Crippen molar-refractivity contribution in [3.8, 4) is 0 Å². The van der Waals surface area contributed by atoms with Crippen molar-refractivity contribution in [2.75, 3.05) is 24.7 Å². The Morgan fingerprint density at radius 3 is 2.24 bits per heavy atom. The summed E-state index contributed by atoms with van der Waals surface area (Å²) in [5.41, 5.74) is 1.05. The Bertz CT molecular complexity index is 1070. The van der Waals surface area contributed by atoms with Crippen LogP contribution in [0.4, 0.5) is 10.1 Å². The molecule has 2 aromatic rings. The summed E-state index contributed by atoms with van der Waals surface area (Å²) in [6.45, 7) is 0.796. The van der Waals surface area contributed by atoms with E-state index >= 15 is 0 Å². The van der Waals surface area contributed by atoms with Gasteiger partial charge in [-0.1, -0.05) is 32.1 Å². The molecule has 0 aliphatic heterocycles. The third kappa shape index (κ3) is 7.83. The smallest absolute Gasteiger partial charge is 0.251 e. The molecule has 7 nitrogen and oxygen atoms in total. The van der Waals surface area contributed by atoms with Crippen LogP contribution in [0, 0.1) is 11.7 Å². The Morgan fingerprint density at radius 2 is 1.62 bits per heavy atom. The molecule has 0 spiro atoms. The highest BCUT2D eigenvalue weighted by Crippen LogP contribution is 2.27. The zero-order valence-corrected chi connectivity index (χ0v) is 20.2. The average Bonchev–Trinajstić information content (AvgIpc) is 2.82. The minimum atomic E-state index is -3.36. The second-order valence-corrected chi connectivity index (χ2v) is 10.8. The maximum absolute atomic E-state index is 13.0. The molecule has 9 heteroatoms. The highest BCUT2D eigenvalue weighted by atomic mass is 32.2. The van der Waals surface area contributed by atoms with Crippen LogP contribution in [-0.2, 0) is 14.6 Å². The van der Waals surface area contributed by atoms with Crippen molar-refractivity contribution in [1.29, 1.82) is 0 Å². The molecule has 1 aliphatic carbocycles. The van der Waals surface area contributed by atoms with Gasteiger partial charge in [0, 0.05) is 30.6 Å². The Hall–Kier alpha value is -2.94. The molecule has 0 radical (unpaired) electrons. The van der Waals surface area contributed by atoms with Gasteiger partial charge in [-0.2, -0.15) is 0 Å². The van der Waals surface area contributed by atoms with Crippen molar-refractivity contribution in [3.05, 3.63) is 59.9 Å². The largest absolute Gasteiger partial charge is 0.383 e. The molecular formula is C25H32FN3O4S. The lowest BCUT2D eigenvalue weighted by Crippen LogP contribution is -2.48. The number of hydrogen-bond donors (Lipinski definition) is 3. The normalized spacial score (nSPS) is 15.4. The van der Waals surface area contributed by atoms with Crippen LogP contribution in [-0.4, -0.2) is 45.6 Å². The van der Waals surface area contributed by atoms with Crippen molar-refractivity contribution in [2.45, 2.75) is 49.5 Å². The maximum Gasteiger partial charge on any atom is 0.251 e. The number of halogens is 1.